The van der Waals surface area contributed by atoms with Gasteiger partial charge >= 0.3 is 11.6 Å². The van der Waals surface area contributed by atoms with Crippen LogP contribution in [0.5, 0.6) is 0 Å². The van der Waals surface area contributed by atoms with Crippen molar-refractivity contribution in [3.8, 4) is 0 Å². The molecule has 48 valence electrons. The highest BCUT2D eigenvalue weighted by atomic mass is 16.6. The molecule has 9 heavy (non-hydrogen) atoms. The molecule has 7 heteroatoms. The van der Waals surface area contributed by atoms with Crippen molar-refractivity contribution in [1.29, 1.82) is 0 Å². The van der Waals surface area contributed by atoms with Crippen molar-refractivity contribution in [3.05, 3.63) is 20.6 Å². The molecule has 0 saturated carbocycles. The second-order valence-corrected chi connectivity index (χ2v) is 1.15. The van der Waals surface area contributed by atoms with Crippen LogP contribution in [0.1, 0.15) is 0 Å². The fourth-order valence-corrected chi connectivity index (χ4v) is 0.295. The Morgan fingerprint density at radius 3 is 2.67 bits per heavy atom. The lowest BCUT2D eigenvalue weighted by atomic mass is 11.1. The van der Waals surface area contributed by atoms with Gasteiger partial charge in [-0.05, 0) is 9.91 Å². The molecule has 1 rings (SSSR count). The van der Waals surface area contributed by atoms with Crippen LogP contribution in [0.4, 0.5) is 5.95 Å². The van der Waals surface area contributed by atoms with Gasteiger partial charge in [0.25, 0.3) is 1.41 Å². The van der Waals surface area contributed by atoms with Crippen molar-refractivity contribution in [2.45, 2.75) is 0 Å². The van der Waals surface area contributed by atoms with Gasteiger partial charge in [0.2, 0.25) is 1.41 Å². The summed E-state index contributed by atoms with van der Waals surface area (Å²) < 4.78 is 13.4. The van der Waals surface area contributed by atoms with Gasteiger partial charge in [0, 0.05) is 0 Å². The number of aromatic nitrogens is 3. The molecule has 7 nitrogen and oxygen atoms in total. The first kappa shape index (κ1) is 3.38. The minimum absolute atomic E-state index is 0.0116. The molecular weight excluding hydrogens is 128 g/mol. The lowest BCUT2D eigenvalue weighted by Crippen LogP contribution is -2.01. The van der Waals surface area contributed by atoms with E-state index in [1.54, 1.807) is 0 Å². The highest BCUT2D eigenvalue weighted by Crippen LogP contribution is 1.91. The summed E-state index contributed by atoms with van der Waals surface area (Å²) in [5.74, 6) is -0.968. The molecule has 0 bridgehead atoms. The highest BCUT2D eigenvalue weighted by Gasteiger charge is 2.07. The van der Waals surface area contributed by atoms with Gasteiger partial charge in [0.1, 0.15) is 0 Å². The number of hydrogen-bond donors (Lipinski definition) is 2. The number of rotatable bonds is 1. The third kappa shape index (κ3) is 0.929. The van der Waals surface area contributed by atoms with Crippen molar-refractivity contribution in [3.63, 3.8) is 0 Å². The van der Waals surface area contributed by atoms with Crippen LogP contribution in [0, 0.1) is 10.1 Å². The van der Waals surface area contributed by atoms with E-state index in [-0.39, 0.29) is 10.2 Å². The maximum absolute atomic E-state index is 10.4. The molecule has 0 atom stereocenters. The molecule has 1 heterocycles. The molecule has 0 aliphatic rings. The monoisotopic (exact) mass is 132 g/mol. The second-order valence-electron chi connectivity index (χ2n) is 1.15. The Bertz CT molecular complexity index is 353. The van der Waals surface area contributed by atoms with Crippen LogP contribution in [-0.2, 0) is 0 Å². The van der Waals surface area contributed by atoms with Crippen LogP contribution in [0.15, 0.2) is 4.79 Å². The maximum atomic E-state index is 10.4. The van der Waals surface area contributed by atoms with Crippen LogP contribution < -0.4 is 5.69 Å². The Morgan fingerprint density at radius 1 is 1.78 bits per heavy atom. The standard InChI is InChI=1S/C2H2N4O3/c7-2-3-1(4-5-2)6(8)9/h(H2,3,4,5,7)/i/hD2. The van der Waals surface area contributed by atoms with Gasteiger partial charge in [-0.15, -0.1) is 0 Å². The third-order valence-electron chi connectivity index (χ3n) is 0.584. The van der Waals surface area contributed by atoms with Crippen LogP contribution in [0.2, 0.25) is 2.82 Å². The Morgan fingerprint density at radius 2 is 2.44 bits per heavy atom. The van der Waals surface area contributed by atoms with Gasteiger partial charge in [0.15, 0.2) is 0 Å². The molecule has 0 spiro atoms. The first-order chi connectivity index (χ1) is 5.04. The number of H-pyrrole nitrogens is 2. The van der Waals surface area contributed by atoms with Gasteiger partial charge in [-0.3, -0.25) is 0 Å². The van der Waals surface area contributed by atoms with E-state index >= 15 is 0 Å². The first-order valence-corrected chi connectivity index (χ1v) is 1.89. The minimum Gasteiger partial charge on any atom is -0.390 e. The van der Waals surface area contributed by atoms with Crippen molar-refractivity contribution in [2.24, 2.45) is 0 Å². The van der Waals surface area contributed by atoms with E-state index in [9.17, 15) is 14.9 Å². The lowest BCUT2D eigenvalue weighted by Gasteiger charge is -1.82. The van der Waals surface area contributed by atoms with Gasteiger partial charge in [-0.1, -0.05) is 0 Å². The normalized spacial score (nSPS) is 12.4. The molecule has 0 fully saturated rings. The summed E-state index contributed by atoms with van der Waals surface area (Å²) in [4.78, 5) is 22.1. The quantitative estimate of drug-likeness (QED) is 0.377. The fourth-order valence-electron chi connectivity index (χ4n) is 0.295. The van der Waals surface area contributed by atoms with Crippen LogP contribution in [0.25, 0.3) is 0 Å². The number of nitrogens with zero attached hydrogens (tertiary/aromatic N) is 2. The lowest BCUT2D eigenvalue weighted by molar-refractivity contribution is -0.394. The number of nitrogens with one attached hydrogen (secondary N) is 2. The summed E-state index contributed by atoms with van der Waals surface area (Å²) in [6.07, 6.45) is 0. The van der Waals surface area contributed by atoms with Crippen molar-refractivity contribution < 1.29 is 7.75 Å². The van der Waals surface area contributed by atoms with Gasteiger partial charge < -0.3 is 10.1 Å². The maximum Gasteiger partial charge on any atom is 0.454 e. The average Bonchev–Trinajstić information content (AvgIpc) is 2.17. The third-order valence-corrected chi connectivity index (χ3v) is 0.584. The first-order valence-electron chi connectivity index (χ1n) is 2.78. The highest BCUT2D eigenvalue weighted by molar-refractivity contribution is 4.95. The van der Waals surface area contributed by atoms with Crippen molar-refractivity contribution in [1.82, 2.24) is 15.2 Å². The number of aromatic amines is 2. The molecule has 0 aliphatic carbocycles. The minimum atomic E-state index is -1.15. The smallest absolute Gasteiger partial charge is 0.390 e. The molecule has 1 aromatic heterocycles. The van der Waals surface area contributed by atoms with E-state index in [0.29, 0.717) is 0 Å². The largest absolute Gasteiger partial charge is 0.454 e. The van der Waals surface area contributed by atoms with E-state index in [1.165, 1.54) is 0 Å². The topological polar surface area (TPSA) is 105 Å². The van der Waals surface area contributed by atoms with Gasteiger partial charge in [-0.2, -0.15) is 10.2 Å². The van der Waals surface area contributed by atoms with E-state index in [1.807, 2.05) is 0 Å². The van der Waals surface area contributed by atoms with Crippen LogP contribution >= 0.6 is 0 Å². The van der Waals surface area contributed by atoms with Crippen molar-refractivity contribution >= 4 is 5.95 Å². The summed E-state index contributed by atoms with van der Waals surface area (Å²) in [6.45, 7) is 0. The molecule has 1 aromatic rings. The SMILES string of the molecule is [2H]n1c([N+](=O)[O-])nc(=O)n1[2H]. The molecule has 2 N–H and O–H groups in total. The Kier molecular flexibility index (Phi) is 0.635. The summed E-state index contributed by atoms with van der Waals surface area (Å²) in [6, 6.07) is 0. The summed E-state index contributed by atoms with van der Waals surface area (Å²) in [5, 5.41) is 9.91. The Hall–Kier alpha value is -1.66. The Balaban J connectivity index is 3.42. The molecule has 0 aromatic carbocycles. The zero-order valence-electron chi connectivity index (χ0n) is 6.01. The second kappa shape index (κ2) is 1.69. The molecule has 0 unspecified atom stereocenters. The predicted molar refractivity (Wildman–Crippen MR) is 25.9 cm³/mol. The van der Waals surface area contributed by atoms with E-state index in [0.717, 1.165) is 0 Å². The van der Waals surface area contributed by atoms with E-state index in [4.69, 9.17) is 2.82 Å². The number of hydrogen-bond acceptors (Lipinski definition) is 4. The van der Waals surface area contributed by atoms with E-state index in [2.05, 4.69) is 4.98 Å². The molecule has 0 radical (unpaired) electrons. The Labute approximate surface area is 50.8 Å². The molecule has 0 aliphatic heterocycles. The molecule has 0 amide bonds. The summed E-state index contributed by atoms with van der Waals surface area (Å²) in [7, 11) is 0. The van der Waals surface area contributed by atoms with Crippen LogP contribution in [0.3, 0.4) is 0 Å². The molecular formula is C2H2N4O3. The fraction of sp³-hybridized carbons (Fsp3) is 0. The zero-order valence-corrected chi connectivity index (χ0v) is 4.01. The summed E-state index contributed by atoms with van der Waals surface area (Å²) >= 11 is 0. The van der Waals surface area contributed by atoms with Gasteiger partial charge in [0.05, 0.1) is 0 Å². The zero-order chi connectivity index (χ0) is 8.59. The summed E-state index contributed by atoms with van der Waals surface area (Å²) in [5.41, 5.74) is -1.15. The molecule has 0 saturated heterocycles. The number of nitro groups is 1. The average molecular weight is 132 g/mol. The van der Waals surface area contributed by atoms with E-state index < -0.39 is 16.6 Å². The van der Waals surface area contributed by atoms with Crippen molar-refractivity contribution in [2.75, 3.05) is 0 Å². The van der Waals surface area contributed by atoms with Crippen LogP contribution in [-0.4, -0.2) is 20.1 Å². The predicted octanol–water partition coefficient (Wildman–Crippen LogP) is -0.994. The van der Waals surface area contributed by atoms with Gasteiger partial charge in [-0.25, -0.2) is 4.79 Å².